The average Bonchev–Trinajstić information content (AvgIpc) is 2.49. The lowest BCUT2D eigenvalue weighted by Gasteiger charge is -2.01. The minimum absolute atomic E-state index is 0.539. The highest BCUT2D eigenvalue weighted by Crippen LogP contribution is 2.23. The Morgan fingerprint density at radius 3 is 2.85 bits per heavy atom. The number of rotatable bonds is 0. The van der Waals surface area contributed by atoms with Crippen LogP contribution in [-0.4, -0.2) is 4.57 Å². The Labute approximate surface area is 76.0 Å². The third-order valence-electron chi connectivity index (χ3n) is 2.18. The second-order valence-corrected chi connectivity index (χ2v) is 3.01. The molecule has 2 aromatic rings. The van der Waals surface area contributed by atoms with Crippen molar-refractivity contribution in [3.63, 3.8) is 0 Å². The molecule has 0 saturated carbocycles. The van der Waals surface area contributed by atoms with Gasteiger partial charge < -0.3 is 10.3 Å². The molecule has 1 heterocycles. The summed E-state index contributed by atoms with van der Waals surface area (Å²) in [6.45, 7) is 0. The highest BCUT2D eigenvalue weighted by Gasteiger charge is 2.06. The quantitative estimate of drug-likeness (QED) is 0.612. The van der Waals surface area contributed by atoms with Crippen molar-refractivity contribution in [3.8, 4) is 6.07 Å². The van der Waals surface area contributed by atoms with Crippen molar-refractivity contribution >= 4 is 16.6 Å². The third-order valence-corrected chi connectivity index (χ3v) is 2.18. The number of anilines is 1. The zero-order valence-electron chi connectivity index (χ0n) is 7.28. The van der Waals surface area contributed by atoms with Gasteiger partial charge in [0, 0.05) is 18.6 Å². The second-order valence-electron chi connectivity index (χ2n) is 3.01. The Bertz CT molecular complexity index is 503. The van der Waals surface area contributed by atoms with E-state index < -0.39 is 0 Å². The number of nitriles is 1. The van der Waals surface area contributed by atoms with Gasteiger partial charge in [0.25, 0.3) is 0 Å². The van der Waals surface area contributed by atoms with Gasteiger partial charge in [-0.25, -0.2) is 0 Å². The highest BCUT2D eigenvalue weighted by molar-refractivity contribution is 5.90. The van der Waals surface area contributed by atoms with Gasteiger partial charge in [-0.1, -0.05) is 6.07 Å². The SMILES string of the molecule is Cn1ccc2ccc(N)c(C#N)c21. The number of aryl methyl sites for hydroxylation is 1. The topological polar surface area (TPSA) is 54.7 Å². The molecule has 0 saturated heterocycles. The van der Waals surface area contributed by atoms with Gasteiger partial charge in [0.2, 0.25) is 0 Å². The minimum Gasteiger partial charge on any atom is -0.398 e. The van der Waals surface area contributed by atoms with Crippen LogP contribution in [0.1, 0.15) is 5.56 Å². The Balaban J connectivity index is 2.99. The Hall–Kier alpha value is -1.95. The van der Waals surface area contributed by atoms with E-state index in [-0.39, 0.29) is 0 Å². The molecule has 2 N–H and O–H groups in total. The third kappa shape index (κ3) is 0.960. The largest absolute Gasteiger partial charge is 0.398 e. The van der Waals surface area contributed by atoms with Gasteiger partial charge in [0.05, 0.1) is 16.8 Å². The zero-order valence-corrected chi connectivity index (χ0v) is 7.28. The van der Waals surface area contributed by atoms with E-state index in [0.29, 0.717) is 11.3 Å². The number of hydrogen-bond donors (Lipinski definition) is 1. The summed E-state index contributed by atoms with van der Waals surface area (Å²) in [6, 6.07) is 7.77. The molecule has 0 aliphatic carbocycles. The van der Waals surface area contributed by atoms with E-state index in [4.69, 9.17) is 11.0 Å². The fourth-order valence-corrected chi connectivity index (χ4v) is 1.52. The normalized spacial score (nSPS) is 10.2. The maximum absolute atomic E-state index is 8.92. The van der Waals surface area contributed by atoms with E-state index in [1.54, 1.807) is 6.07 Å². The minimum atomic E-state index is 0.539. The van der Waals surface area contributed by atoms with Crippen molar-refractivity contribution in [1.29, 1.82) is 5.26 Å². The first-order valence-electron chi connectivity index (χ1n) is 3.97. The molecule has 0 spiro atoms. The van der Waals surface area contributed by atoms with Crippen LogP contribution in [0.15, 0.2) is 24.4 Å². The number of nitrogens with two attached hydrogens (primary N) is 1. The molecule has 0 radical (unpaired) electrons. The molecule has 0 unspecified atom stereocenters. The average molecular weight is 171 g/mol. The monoisotopic (exact) mass is 171 g/mol. The van der Waals surface area contributed by atoms with Crippen LogP contribution in [0.5, 0.6) is 0 Å². The van der Waals surface area contributed by atoms with Crippen molar-refractivity contribution in [2.24, 2.45) is 7.05 Å². The number of nitrogens with zero attached hydrogens (tertiary/aromatic N) is 2. The van der Waals surface area contributed by atoms with Crippen molar-refractivity contribution in [3.05, 3.63) is 30.0 Å². The molecule has 2 rings (SSSR count). The Morgan fingerprint density at radius 2 is 2.15 bits per heavy atom. The predicted octanol–water partition coefficient (Wildman–Crippen LogP) is 1.63. The second kappa shape index (κ2) is 2.53. The molecular weight excluding hydrogens is 162 g/mol. The fourth-order valence-electron chi connectivity index (χ4n) is 1.52. The van der Waals surface area contributed by atoms with Crippen LogP contribution in [0.3, 0.4) is 0 Å². The van der Waals surface area contributed by atoms with Crippen LogP contribution in [0.2, 0.25) is 0 Å². The molecule has 1 aromatic carbocycles. The highest BCUT2D eigenvalue weighted by atomic mass is 14.9. The molecule has 0 atom stereocenters. The number of nitrogen functional groups attached to an aromatic ring is 1. The molecule has 3 nitrogen and oxygen atoms in total. The zero-order chi connectivity index (χ0) is 9.42. The lowest BCUT2D eigenvalue weighted by atomic mass is 10.1. The molecule has 0 fully saturated rings. The van der Waals surface area contributed by atoms with Crippen LogP contribution in [0.4, 0.5) is 5.69 Å². The first kappa shape index (κ1) is 7.69. The van der Waals surface area contributed by atoms with Gasteiger partial charge in [0.1, 0.15) is 6.07 Å². The summed E-state index contributed by atoms with van der Waals surface area (Å²) in [5.74, 6) is 0. The van der Waals surface area contributed by atoms with E-state index in [2.05, 4.69) is 6.07 Å². The molecule has 3 heteroatoms. The van der Waals surface area contributed by atoms with Crippen LogP contribution in [0.25, 0.3) is 10.9 Å². The van der Waals surface area contributed by atoms with E-state index in [1.807, 2.05) is 29.9 Å². The van der Waals surface area contributed by atoms with Crippen molar-refractivity contribution in [1.82, 2.24) is 4.57 Å². The first-order chi connectivity index (χ1) is 6.24. The Kier molecular flexibility index (Phi) is 1.49. The number of fused-ring (bicyclic) bond motifs is 1. The van der Waals surface area contributed by atoms with Crippen LogP contribution >= 0.6 is 0 Å². The van der Waals surface area contributed by atoms with Gasteiger partial charge in [-0.3, -0.25) is 0 Å². The summed E-state index contributed by atoms with van der Waals surface area (Å²) in [5.41, 5.74) is 7.69. The van der Waals surface area contributed by atoms with Gasteiger partial charge in [-0.05, 0) is 12.1 Å². The molecule has 0 amide bonds. The number of benzene rings is 1. The molecule has 64 valence electrons. The fraction of sp³-hybridized carbons (Fsp3) is 0.100. The van der Waals surface area contributed by atoms with Gasteiger partial charge >= 0.3 is 0 Å². The predicted molar refractivity (Wildman–Crippen MR) is 52.0 cm³/mol. The number of aromatic nitrogens is 1. The van der Waals surface area contributed by atoms with Crippen LogP contribution in [-0.2, 0) is 7.05 Å². The molecule has 0 bridgehead atoms. The van der Waals surface area contributed by atoms with Crippen molar-refractivity contribution < 1.29 is 0 Å². The lowest BCUT2D eigenvalue weighted by Crippen LogP contribution is -1.94. The van der Waals surface area contributed by atoms with Crippen LogP contribution < -0.4 is 5.73 Å². The standard InChI is InChI=1S/C10H9N3/c1-13-5-4-7-2-3-9(12)8(6-11)10(7)13/h2-5H,12H2,1H3. The molecule has 1 aromatic heterocycles. The van der Waals surface area contributed by atoms with Crippen LogP contribution in [0, 0.1) is 11.3 Å². The van der Waals surface area contributed by atoms with Crippen molar-refractivity contribution in [2.75, 3.05) is 5.73 Å². The van der Waals surface area contributed by atoms with E-state index in [0.717, 1.165) is 10.9 Å². The maximum Gasteiger partial charge on any atom is 0.104 e. The lowest BCUT2D eigenvalue weighted by molar-refractivity contribution is 0.967. The first-order valence-corrected chi connectivity index (χ1v) is 3.97. The van der Waals surface area contributed by atoms with E-state index >= 15 is 0 Å². The molecule has 13 heavy (non-hydrogen) atoms. The molecule has 0 aliphatic heterocycles. The molecule has 0 aliphatic rings. The number of hydrogen-bond acceptors (Lipinski definition) is 2. The van der Waals surface area contributed by atoms with Gasteiger partial charge in [0.15, 0.2) is 0 Å². The Morgan fingerprint density at radius 1 is 1.38 bits per heavy atom. The summed E-state index contributed by atoms with van der Waals surface area (Å²) in [4.78, 5) is 0. The van der Waals surface area contributed by atoms with Gasteiger partial charge in [-0.2, -0.15) is 5.26 Å². The van der Waals surface area contributed by atoms with E-state index in [1.165, 1.54) is 0 Å². The molecular formula is C10H9N3. The summed E-state index contributed by atoms with van der Waals surface area (Å²) >= 11 is 0. The summed E-state index contributed by atoms with van der Waals surface area (Å²) in [7, 11) is 1.91. The van der Waals surface area contributed by atoms with E-state index in [9.17, 15) is 0 Å². The maximum atomic E-state index is 8.92. The smallest absolute Gasteiger partial charge is 0.104 e. The van der Waals surface area contributed by atoms with Gasteiger partial charge in [-0.15, -0.1) is 0 Å². The summed E-state index contributed by atoms with van der Waals surface area (Å²) in [6.07, 6.45) is 1.92. The summed E-state index contributed by atoms with van der Waals surface area (Å²) in [5, 5.41) is 9.97. The summed E-state index contributed by atoms with van der Waals surface area (Å²) < 4.78 is 1.91. The van der Waals surface area contributed by atoms with Crippen molar-refractivity contribution in [2.45, 2.75) is 0 Å².